The molecule has 1 aromatic carbocycles. The highest BCUT2D eigenvalue weighted by Crippen LogP contribution is 2.32. The van der Waals surface area contributed by atoms with E-state index in [9.17, 15) is 24.3 Å². The van der Waals surface area contributed by atoms with E-state index in [4.69, 9.17) is 15.9 Å². The molecule has 3 amide bonds. The van der Waals surface area contributed by atoms with Gasteiger partial charge in [0.05, 0.1) is 13.0 Å². The Morgan fingerprint density at radius 1 is 1.19 bits per heavy atom. The molecule has 1 aromatic rings. The van der Waals surface area contributed by atoms with Crippen LogP contribution in [0.15, 0.2) is 18.2 Å². The zero-order chi connectivity index (χ0) is 28.3. The molecule has 3 N–H and O–H groups in total. The fourth-order valence-corrected chi connectivity index (χ4v) is 3.45. The third-order valence-electron chi connectivity index (χ3n) is 5.53. The van der Waals surface area contributed by atoms with Gasteiger partial charge in [-0.3, -0.25) is 19.3 Å². The highest BCUT2D eigenvalue weighted by molar-refractivity contribution is 5.94. The molecular formula is C27H39N3O7. The molecule has 0 aromatic heterocycles. The van der Waals surface area contributed by atoms with E-state index < -0.39 is 41.6 Å². The van der Waals surface area contributed by atoms with Crippen molar-refractivity contribution in [2.75, 3.05) is 13.2 Å². The van der Waals surface area contributed by atoms with Crippen LogP contribution in [-0.2, 0) is 23.9 Å². The number of amides is 3. The number of ether oxygens (including phenoxy) is 2. The van der Waals surface area contributed by atoms with Crippen LogP contribution in [0.5, 0.6) is 5.75 Å². The third-order valence-corrected chi connectivity index (χ3v) is 5.53. The lowest BCUT2D eigenvalue weighted by atomic mass is 9.95. The number of para-hydroxylation sites is 1. The predicted molar refractivity (Wildman–Crippen MR) is 138 cm³/mol. The van der Waals surface area contributed by atoms with Crippen molar-refractivity contribution in [3.63, 3.8) is 0 Å². The summed E-state index contributed by atoms with van der Waals surface area (Å²) in [4.78, 5) is 52.1. The third kappa shape index (κ3) is 9.33. The maximum Gasteiger partial charge on any atom is 0.408 e. The number of esters is 1. The van der Waals surface area contributed by atoms with Gasteiger partial charge in [-0.2, -0.15) is 0 Å². The van der Waals surface area contributed by atoms with Gasteiger partial charge in [-0.1, -0.05) is 44.9 Å². The lowest BCUT2D eigenvalue weighted by Crippen LogP contribution is -2.54. The Hall–Kier alpha value is -3.74. The summed E-state index contributed by atoms with van der Waals surface area (Å²) in [7, 11) is 0. The molecule has 37 heavy (non-hydrogen) atoms. The van der Waals surface area contributed by atoms with Crippen molar-refractivity contribution in [1.29, 1.82) is 0 Å². The molecule has 3 atom stereocenters. The molecule has 0 fully saturated rings. The highest BCUT2D eigenvalue weighted by Gasteiger charge is 2.39. The van der Waals surface area contributed by atoms with Gasteiger partial charge in [-0.15, -0.1) is 0 Å². The highest BCUT2D eigenvalue weighted by atomic mass is 16.6. The van der Waals surface area contributed by atoms with Crippen LogP contribution in [0.3, 0.4) is 0 Å². The number of phenolic OH excluding ortho intramolecular Hbond substituents is 1. The van der Waals surface area contributed by atoms with Crippen molar-refractivity contribution in [3.8, 4) is 18.2 Å². The maximum absolute atomic E-state index is 13.7. The van der Waals surface area contributed by atoms with E-state index in [2.05, 4.69) is 16.7 Å². The minimum absolute atomic E-state index is 0.0711. The lowest BCUT2D eigenvalue weighted by Gasteiger charge is -2.32. The summed E-state index contributed by atoms with van der Waals surface area (Å²) < 4.78 is 10.2. The van der Waals surface area contributed by atoms with Crippen molar-refractivity contribution >= 4 is 23.9 Å². The lowest BCUT2D eigenvalue weighted by molar-refractivity contribution is -0.143. The molecule has 3 unspecified atom stereocenters. The molecule has 0 saturated carbocycles. The van der Waals surface area contributed by atoms with Crippen LogP contribution in [0.4, 0.5) is 4.79 Å². The van der Waals surface area contributed by atoms with Crippen LogP contribution in [0.1, 0.15) is 71.6 Å². The molecular weight excluding hydrogens is 478 g/mol. The van der Waals surface area contributed by atoms with Gasteiger partial charge in [-0.05, 0) is 46.1 Å². The largest absolute Gasteiger partial charge is 0.507 e. The predicted octanol–water partition coefficient (Wildman–Crippen LogP) is 3.17. The monoisotopic (exact) mass is 517 g/mol. The van der Waals surface area contributed by atoms with Crippen LogP contribution in [0.25, 0.3) is 0 Å². The molecule has 0 radical (unpaired) electrons. The van der Waals surface area contributed by atoms with Gasteiger partial charge in [0.1, 0.15) is 17.4 Å². The van der Waals surface area contributed by atoms with E-state index >= 15 is 0 Å². The van der Waals surface area contributed by atoms with Gasteiger partial charge in [-0.25, -0.2) is 4.79 Å². The SMILES string of the molecule is C#CN(C(=O)C(NC(=O)OC(C)(C)C)C(C)CC)C(C(=O)NCCC(=O)OCC)c1cccc(C)c1O. The topological polar surface area (TPSA) is 134 Å². The Kier molecular flexibility index (Phi) is 11.9. The molecule has 0 aliphatic heterocycles. The second-order valence-electron chi connectivity index (χ2n) is 9.61. The zero-order valence-electron chi connectivity index (χ0n) is 22.7. The molecule has 0 aliphatic carbocycles. The second kappa shape index (κ2) is 14.1. The Bertz CT molecular complexity index is 1010. The molecule has 0 saturated heterocycles. The molecule has 0 aliphatic rings. The number of nitrogens with one attached hydrogen (secondary N) is 2. The molecule has 0 spiro atoms. The Morgan fingerprint density at radius 3 is 2.38 bits per heavy atom. The average Bonchev–Trinajstić information content (AvgIpc) is 2.81. The summed E-state index contributed by atoms with van der Waals surface area (Å²) in [5, 5.41) is 15.9. The van der Waals surface area contributed by atoms with E-state index in [-0.39, 0.29) is 36.8 Å². The number of phenols is 1. The van der Waals surface area contributed by atoms with Crippen molar-refractivity contribution in [2.45, 2.75) is 79.0 Å². The first-order valence-electron chi connectivity index (χ1n) is 12.3. The number of benzene rings is 1. The first kappa shape index (κ1) is 31.3. The summed E-state index contributed by atoms with van der Waals surface area (Å²) in [6.07, 6.45) is 5.35. The zero-order valence-corrected chi connectivity index (χ0v) is 22.7. The summed E-state index contributed by atoms with van der Waals surface area (Å²) in [5.41, 5.74) is -0.232. The number of nitrogens with zero attached hydrogens (tertiary/aromatic N) is 1. The molecule has 10 nitrogen and oxygen atoms in total. The van der Waals surface area contributed by atoms with Crippen LogP contribution >= 0.6 is 0 Å². The normalized spacial score (nSPS) is 13.4. The first-order chi connectivity index (χ1) is 17.3. The number of aryl methyl sites for hydroxylation is 1. The van der Waals surface area contributed by atoms with Gasteiger partial charge in [0, 0.05) is 18.2 Å². The molecule has 0 heterocycles. The van der Waals surface area contributed by atoms with Crippen molar-refractivity contribution in [1.82, 2.24) is 15.5 Å². The second-order valence-corrected chi connectivity index (χ2v) is 9.61. The first-order valence-corrected chi connectivity index (χ1v) is 12.3. The smallest absolute Gasteiger partial charge is 0.408 e. The van der Waals surface area contributed by atoms with Gasteiger partial charge in [0.15, 0.2) is 6.04 Å². The number of hydrogen-bond acceptors (Lipinski definition) is 7. The summed E-state index contributed by atoms with van der Waals surface area (Å²) >= 11 is 0. The van der Waals surface area contributed by atoms with Gasteiger partial charge in [0.25, 0.3) is 5.91 Å². The number of aromatic hydroxyl groups is 1. The maximum atomic E-state index is 13.7. The van der Waals surface area contributed by atoms with Crippen molar-refractivity contribution < 1.29 is 33.8 Å². The van der Waals surface area contributed by atoms with E-state index in [0.29, 0.717) is 12.0 Å². The summed E-state index contributed by atoms with van der Waals surface area (Å²) in [6.45, 7) is 12.1. The summed E-state index contributed by atoms with van der Waals surface area (Å²) in [5.74, 6) is -2.51. The number of rotatable bonds is 11. The summed E-state index contributed by atoms with van der Waals surface area (Å²) in [6, 6.07) is 4.45. The Balaban J connectivity index is 3.40. The van der Waals surface area contributed by atoms with Crippen molar-refractivity contribution in [3.05, 3.63) is 29.3 Å². The van der Waals surface area contributed by atoms with Crippen LogP contribution in [0.2, 0.25) is 0 Å². The van der Waals surface area contributed by atoms with Gasteiger partial charge < -0.3 is 25.2 Å². The molecule has 0 bridgehead atoms. The Labute approximate surface area is 219 Å². The molecule has 10 heteroatoms. The minimum atomic E-state index is -1.44. The Morgan fingerprint density at radius 2 is 1.84 bits per heavy atom. The number of terminal acetylenes is 1. The van der Waals surface area contributed by atoms with Crippen LogP contribution < -0.4 is 10.6 Å². The number of hydrogen-bond donors (Lipinski definition) is 3. The van der Waals surface area contributed by atoms with Crippen molar-refractivity contribution in [2.24, 2.45) is 5.92 Å². The average molecular weight is 518 g/mol. The van der Waals surface area contributed by atoms with E-state index in [1.165, 1.54) is 6.07 Å². The fourth-order valence-electron chi connectivity index (χ4n) is 3.45. The fraction of sp³-hybridized carbons (Fsp3) is 0.556. The van der Waals surface area contributed by atoms with Gasteiger partial charge in [0.2, 0.25) is 5.91 Å². The quantitative estimate of drug-likeness (QED) is 0.233. The number of carbonyl (C=O) groups is 4. The molecule has 204 valence electrons. The van der Waals surface area contributed by atoms with Crippen LogP contribution in [0, 0.1) is 25.3 Å². The van der Waals surface area contributed by atoms with E-state index in [0.717, 1.165) is 4.90 Å². The van der Waals surface area contributed by atoms with Gasteiger partial charge >= 0.3 is 12.1 Å². The number of carbonyl (C=O) groups excluding carboxylic acids is 4. The standard InChI is InChI=1S/C27H39N3O7/c1-9-17(4)21(29-26(35)37-27(6,7)8)25(34)30(10-2)22(19-14-12-13-18(5)23(19)32)24(33)28-16-15-20(31)36-11-3/h2,12-14,17,21-22,32H,9,11,15-16H2,1,3-8H3,(H,28,33)(H,29,35). The van der Waals surface area contributed by atoms with Crippen LogP contribution in [-0.4, -0.2) is 58.7 Å². The minimum Gasteiger partial charge on any atom is -0.507 e. The number of alkyl carbamates (subject to hydrolysis) is 1. The van der Waals surface area contributed by atoms with E-state index in [1.807, 2.05) is 6.92 Å². The molecule has 1 rings (SSSR count). The van der Waals surface area contributed by atoms with E-state index in [1.54, 1.807) is 53.7 Å².